The van der Waals surface area contributed by atoms with Crippen molar-refractivity contribution < 1.29 is 19.1 Å². The van der Waals surface area contributed by atoms with Crippen molar-refractivity contribution in [2.24, 2.45) is 0 Å². The third-order valence-corrected chi connectivity index (χ3v) is 5.08. The number of thioether (sulfide) groups is 1. The second-order valence-corrected chi connectivity index (χ2v) is 7.19. The number of carbonyl (C=O) groups is 3. The van der Waals surface area contributed by atoms with Gasteiger partial charge in [-0.1, -0.05) is 23.7 Å². The number of fused-ring (bicyclic) bond motifs is 1. The maximum absolute atomic E-state index is 12.1. The Bertz CT molecular complexity index is 841. The Morgan fingerprint density at radius 3 is 2.65 bits per heavy atom. The van der Waals surface area contributed by atoms with Crippen LogP contribution in [0.2, 0.25) is 5.02 Å². The quantitative estimate of drug-likeness (QED) is 0.765. The maximum atomic E-state index is 12.1. The molecule has 26 heavy (non-hydrogen) atoms. The molecule has 2 aromatic carbocycles. The zero-order chi connectivity index (χ0) is 18.5. The van der Waals surface area contributed by atoms with Crippen LogP contribution in [0.15, 0.2) is 53.4 Å². The third-order valence-electron chi connectivity index (χ3n) is 3.55. The standard InChI is InChI=1S/C18H15ClN2O4S/c19-11-5-7-12(8-6-11)20-16(22)10-25-17(23)9-15-18(24)21-13-3-1-2-4-14(13)26-15/h1-8,15H,9-10H2,(H,20,22)(H,21,24)/t15-/m1/s1. The third kappa shape index (κ3) is 4.77. The van der Waals surface area contributed by atoms with E-state index in [1.165, 1.54) is 11.8 Å². The number of halogens is 1. The molecule has 0 saturated carbocycles. The minimum atomic E-state index is -0.608. The number of hydrogen-bond acceptors (Lipinski definition) is 5. The van der Waals surface area contributed by atoms with Gasteiger partial charge in [0.2, 0.25) is 5.91 Å². The van der Waals surface area contributed by atoms with Gasteiger partial charge in [-0.3, -0.25) is 14.4 Å². The van der Waals surface area contributed by atoms with Gasteiger partial charge in [0.1, 0.15) is 0 Å². The van der Waals surface area contributed by atoms with E-state index in [0.29, 0.717) is 10.7 Å². The van der Waals surface area contributed by atoms with Gasteiger partial charge in [-0.25, -0.2) is 0 Å². The highest BCUT2D eigenvalue weighted by Crippen LogP contribution is 2.36. The Kier molecular flexibility index (Phi) is 5.80. The summed E-state index contributed by atoms with van der Waals surface area (Å²) < 4.78 is 4.97. The molecule has 1 aliphatic heterocycles. The number of anilines is 2. The van der Waals surface area contributed by atoms with E-state index in [4.69, 9.17) is 16.3 Å². The molecule has 0 aromatic heterocycles. The van der Waals surface area contributed by atoms with Crippen LogP contribution in [0.25, 0.3) is 0 Å². The van der Waals surface area contributed by atoms with E-state index in [-0.39, 0.29) is 12.3 Å². The number of benzene rings is 2. The second kappa shape index (κ2) is 8.25. The molecule has 0 fully saturated rings. The van der Waals surface area contributed by atoms with E-state index >= 15 is 0 Å². The van der Waals surface area contributed by atoms with Crippen molar-refractivity contribution in [1.29, 1.82) is 0 Å². The number of amides is 2. The Morgan fingerprint density at radius 2 is 1.88 bits per heavy atom. The Hall–Kier alpha value is -2.51. The molecule has 0 radical (unpaired) electrons. The van der Waals surface area contributed by atoms with Crippen molar-refractivity contribution in [3.63, 3.8) is 0 Å². The van der Waals surface area contributed by atoms with Crippen molar-refractivity contribution in [2.75, 3.05) is 17.2 Å². The summed E-state index contributed by atoms with van der Waals surface area (Å²) in [6.45, 7) is -0.420. The number of nitrogens with one attached hydrogen (secondary N) is 2. The Morgan fingerprint density at radius 1 is 1.15 bits per heavy atom. The first-order chi connectivity index (χ1) is 12.5. The summed E-state index contributed by atoms with van der Waals surface area (Å²) in [5.41, 5.74) is 1.28. The molecule has 134 valence electrons. The van der Waals surface area contributed by atoms with Crippen molar-refractivity contribution >= 4 is 52.5 Å². The largest absolute Gasteiger partial charge is 0.456 e. The molecule has 0 aliphatic carbocycles. The van der Waals surface area contributed by atoms with Gasteiger partial charge in [-0.15, -0.1) is 11.8 Å². The van der Waals surface area contributed by atoms with Gasteiger partial charge >= 0.3 is 5.97 Å². The zero-order valence-electron chi connectivity index (χ0n) is 13.5. The highest BCUT2D eigenvalue weighted by Gasteiger charge is 2.29. The lowest BCUT2D eigenvalue weighted by atomic mass is 10.2. The van der Waals surface area contributed by atoms with Crippen LogP contribution in [-0.4, -0.2) is 29.6 Å². The van der Waals surface area contributed by atoms with E-state index < -0.39 is 23.7 Å². The van der Waals surface area contributed by atoms with E-state index in [2.05, 4.69) is 10.6 Å². The van der Waals surface area contributed by atoms with Gasteiger partial charge in [0.05, 0.1) is 17.4 Å². The van der Waals surface area contributed by atoms with Crippen molar-refractivity contribution in [2.45, 2.75) is 16.6 Å². The predicted molar refractivity (Wildman–Crippen MR) is 100 cm³/mol. The summed E-state index contributed by atoms with van der Waals surface area (Å²) >= 11 is 7.08. The fraction of sp³-hybridized carbons (Fsp3) is 0.167. The maximum Gasteiger partial charge on any atom is 0.307 e. The first-order valence-electron chi connectivity index (χ1n) is 7.79. The lowest BCUT2D eigenvalue weighted by Crippen LogP contribution is -2.32. The molecule has 0 saturated heterocycles. The van der Waals surface area contributed by atoms with Crippen LogP contribution in [0.4, 0.5) is 11.4 Å². The number of rotatable bonds is 5. The molecule has 3 rings (SSSR count). The molecule has 8 heteroatoms. The summed E-state index contributed by atoms with van der Waals surface area (Å²) in [5, 5.41) is 5.32. The molecular weight excluding hydrogens is 376 g/mol. The molecule has 0 spiro atoms. The van der Waals surface area contributed by atoms with Crippen LogP contribution in [0, 0.1) is 0 Å². The first-order valence-corrected chi connectivity index (χ1v) is 9.04. The van der Waals surface area contributed by atoms with E-state index in [0.717, 1.165) is 10.6 Å². The molecule has 0 unspecified atom stereocenters. The topological polar surface area (TPSA) is 84.5 Å². The summed E-state index contributed by atoms with van der Waals surface area (Å²) in [7, 11) is 0. The summed E-state index contributed by atoms with van der Waals surface area (Å²) in [5.74, 6) is -1.33. The van der Waals surface area contributed by atoms with E-state index in [1.807, 2.05) is 18.2 Å². The van der Waals surface area contributed by atoms with Crippen LogP contribution >= 0.6 is 23.4 Å². The van der Waals surface area contributed by atoms with Crippen molar-refractivity contribution in [3.05, 3.63) is 53.6 Å². The van der Waals surface area contributed by atoms with E-state index in [1.54, 1.807) is 30.3 Å². The van der Waals surface area contributed by atoms with Gasteiger partial charge in [-0.2, -0.15) is 0 Å². The van der Waals surface area contributed by atoms with Gasteiger partial charge in [0, 0.05) is 15.6 Å². The van der Waals surface area contributed by atoms with Crippen LogP contribution in [0.1, 0.15) is 6.42 Å². The first kappa shape index (κ1) is 18.3. The zero-order valence-corrected chi connectivity index (χ0v) is 15.1. The van der Waals surface area contributed by atoms with Crippen LogP contribution in [0.3, 0.4) is 0 Å². The molecule has 6 nitrogen and oxygen atoms in total. The van der Waals surface area contributed by atoms with Crippen LogP contribution in [-0.2, 0) is 19.1 Å². The van der Waals surface area contributed by atoms with Gasteiger partial charge in [0.25, 0.3) is 5.91 Å². The number of para-hydroxylation sites is 1. The molecule has 1 heterocycles. The SMILES string of the molecule is O=C(COC(=O)C[C@H]1Sc2ccccc2NC1=O)Nc1ccc(Cl)cc1. The highest BCUT2D eigenvalue weighted by molar-refractivity contribution is 8.01. The number of hydrogen-bond donors (Lipinski definition) is 2. The van der Waals surface area contributed by atoms with Crippen LogP contribution in [0.5, 0.6) is 0 Å². The molecule has 1 aliphatic rings. The number of carbonyl (C=O) groups excluding carboxylic acids is 3. The molecule has 2 aromatic rings. The number of ether oxygens (including phenoxy) is 1. The Balaban J connectivity index is 1.47. The van der Waals surface area contributed by atoms with Gasteiger partial charge < -0.3 is 15.4 Å². The molecule has 0 bridgehead atoms. The molecule has 2 N–H and O–H groups in total. The average Bonchev–Trinajstić information content (AvgIpc) is 2.62. The normalized spacial score (nSPS) is 15.6. The fourth-order valence-electron chi connectivity index (χ4n) is 2.31. The fourth-order valence-corrected chi connectivity index (χ4v) is 3.53. The van der Waals surface area contributed by atoms with Gasteiger partial charge in [-0.05, 0) is 36.4 Å². The number of esters is 1. The predicted octanol–water partition coefficient (Wildman–Crippen LogP) is 3.32. The smallest absolute Gasteiger partial charge is 0.307 e. The average molecular weight is 391 g/mol. The minimum Gasteiger partial charge on any atom is -0.456 e. The van der Waals surface area contributed by atoms with Gasteiger partial charge in [0.15, 0.2) is 6.61 Å². The summed E-state index contributed by atoms with van der Waals surface area (Å²) in [4.78, 5) is 36.7. The summed E-state index contributed by atoms with van der Waals surface area (Å²) in [6.07, 6.45) is -0.112. The summed E-state index contributed by atoms with van der Waals surface area (Å²) in [6, 6.07) is 13.9. The lowest BCUT2D eigenvalue weighted by Gasteiger charge is -2.23. The van der Waals surface area contributed by atoms with Crippen LogP contribution < -0.4 is 10.6 Å². The van der Waals surface area contributed by atoms with Crippen molar-refractivity contribution in [1.82, 2.24) is 0 Å². The van der Waals surface area contributed by atoms with E-state index in [9.17, 15) is 14.4 Å². The minimum absolute atomic E-state index is 0.112. The molecular formula is C18H15ClN2O4S. The monoisotopic (exact) mass is 390 g/mol. The molecule has 2 amide bonds. The Labute approximate surface area is 159 Å². The highest BCUT2D eigenvalue weighted by atomic mass is 35.5. The molecule has 1 atom stereocenters. The lowest BCUT2D eigenvalue weighted by molar-refractivity contribution is -0.147. The second-order valence-electron chi connectivity index (χ2n) is 5.51. The van der Waals surface area contributed by atoms with Crippen molar-refractivity contribution in [3.8, 4) is 0 Å².